The van der Waals surface area contributed by atoms with Crippen molar-refractivity contribution in [1.82, 2.24) is 15.2 Å². The molecule has 0 aliphatic heterocycles. The zero-order valence-corrected chi connectivity index (χ0v) is 9.91. The van der Waals surface area contributed by atoms with Crippen LogP contribution in [-0.4, -0.2) is 15.2 Å². The summed E-state index contributed by atoms with van der Waals surface area (Å²) in [6, 6.07) is 9.50. The van der Waals surface area contributed by atoms with Crippen LogP contribution in [0.25, 0.3) is 10.9 Å². The van der Waals surface area contributed by atoms with Crippen LogP contribution in [0, 0.1) is 0 Å². The van der Waals surface area contributed by atoms with Crippen molar-refractivity contribution < 1.29 is 0 Å². The van der Waals surface area contributed by atoms with E-state index in [-0.39, 0.29) is 11.6 Å². The smallest absolute Gasteiger partial charge is 0.175 e. The SMILES string of the molecule is Nc1n[nH]c(N)c1N=Nc1cccc2cccnc12. The number of anilines is 2. The second-order valence-corrected chi connectivity index (χ2v) is 3.92. The Morgan fingerprint density at radius 1 is 1.05 bits per heavy atom. The molecule has 0 saturated carbocycles. The van der Waals surface area contributed by atoms with Crippen molar-refractivity contribution in [1.29, 1.82) is 0 Å². The van der Waals surface area contributed by atoms with E-state index in [1.54, 1.807) is 6.20 Å². The number of H-pyrrole nitrogens is 1. The highest BCUT2D eigenvalue weighted by Crippen LogP contribution is 2.30. The molecule has 7 nitrogen and oxygen atoms in total. The van der Waals surface area contributed by atoms with Crippen molar-refractivity contribution >= 4 is 33.9 Å². The molecule has 19 heavy (non-hydrogen) atoms. The van der Waals surface area contributed by atoms with Gasteiger partial charge in [-0.05, 0) is 12.1 Å². The molecule has 0 saturated heterocycles. The van der Waals surface area contributed by atoms with Gasteiger partial charge in [-0.25, -0.2) is 0 Å². The van der Waals surface area contributed by atoms with Gasteiger partial charge in [-0.1, -0.05) is 18.2 Å². The van der Waals surface area contributed by atoms with Crippen LogP contribution in [0.4, 0.5) is 23.0 Å². The van der Waals surface area contributed by atoms with E-state index in [1.807, 2.05) is 30.3 Å². The van der Waals surface area contributed by atoms with Crippen LogP contribution in [0.3, 0.4) is 0 Å². The monoisotopic (exact) mass is 253 g/mol. The summed E-state index contributed by atoms with van der Waals surface area (Å²) in [5.41, 5.74) is 13.0. The number of aromatic nitrogens is 3. The summed E-state index contributed by atoms with van der Waals surface area (Å²) >= 11 is 0. The van der Waals surface area contributed by atoms with Crippen LogP contribution in [0.2, 0.25) is 0 Å². The number of pyridine rings is 1. The Hall–Kier alpha value is -2.96. The fourth-order valence-electron chi connectivity index (χ4n) is 1.74. The number of nitrogens with zero attached hydrogens (tertiary/aromatic N) is 4. The van der Waals surface area contributed by atoms with Crippen LogP contribution in [-0.2, 0) is 0 Å². The first-order valence-corrected chi connectivity index (χ1v) is 5.60. The molecule has 3 aromatic rings. The third-order valence-corrected chi connectivity index (χ3v) is 2.66. The van der Waals surface area contributed by atoms with Crippen LogP contribution in [0.15, 0.2) is 46.8 Å². The number of nitrogens with one attached hydrogen (secondary N) is 1. The lowest BCUT2D eigenvalue weighted by Gasteiger charge is -1.99. The van der Waals surface area contributed by atoms with Gasteiger partial charge in [0.25, 0.3) is 0 Å². The number of fused-ring (bicyclic) bond motifs is 1. The van der Waals surface area contributed by atoms with Gasteiger partial charge in [-0.3, -0.25) is 10.1 Å². The third kappa shape index (κ3) is 1.97. The van der Waals surface area contributed by atoms with Crippen LogP contribution < -0.4 is 11.5 Å². The van der Waals surface area contributed by atoms with Gasteiger partial charge in [0.2, 0.25) is 0 Å². The summed E-state index contributed by atoms with van der Waals surface area (Å²) in [7, 11) is 0. The number of benzene rings is 1. The van der Waals surface area contributed by atoms with E-state index in [1.165, 1.54) is 0 Å². The number of hydrogen-bond acceptors (Lipinski definition) is 6. The van der Waals surface area contributed by atoms with Crippen LogP contribution in [0.5, 0.6) is 0 Å². The Bertz CT molecular complexity index is 735. The lowest BCUT2D eigenvalue weighted by molar-refractivity contribution is 1.11. The first-order valence-electron chi connectivity index (χ1n) is 5.60. The first kappa shape index (κ1) is 11.1. The second-order valence-electron chi connectivity index (χ2n) is 3.92. The van der Waals surface area contributed by atoms with Crippen molar-refractivity contribution in [3.05, 3.63) is 36.5 Å². The molecule has 0 fully saturated rings. The molecule has 2 aromatic heterocycles. The molecule has 0 radical (unpaired) electrons. The second kappa shape index (κ2) is 4.37. The van der Waals surface area contributed by atoms with Crippen molar-refractivity contribution in [3.63, 3.8) is 0 Å². The summed E-state index contributed by atoms with van der Waals surface area (Å²) in [6.45, 7) is 0. The van der Waals surface area contributed by atoms with Gasteiger partial charge in [-0.2, -0.15) is 5.10 Å². The molecule has 0 aliphatic rings. The predicted molar refractivity (Wildman–Crippen MR) is 73.3 cm³/mol. The molecule has 0 spiro atoms. The zero-order chi connectivity index (χ0) is 13.2. The number of azo groups is 1. The summed E-state index contributed by atoms with van der Waals surface area (Å²) in [4.78, 5) is 4.29. The maximum Gasteiger partial charge on any atom is 0.175 e. The third-order valence-electron chi connectivity index (χ3n) is 2.66. The number of nitrogens with two attached hydrogens (primary N) is 2. The standard InChI is InChI=1S/C12H11N7/c13-11-10(12(14)19-18-11)17-16-8-5-1-3-7-4-2-6-15-9(7)8/h1-6H,(H5,13,14,18,19). The number of hydrogen-bond donors (Lipinski definition) is 3. The maximum atomic E-state index is 5.65. The van der Waals surface area contributed by atoms with Gasteiger partial charge in [0.1, 0.15) is 11.5 Å². The summed E-state index contributed by atoms with van der Waals surface area (Å²) in [5.74, 6) is 0.504. The molecule has 0 amide bonds. The lowest BCUT2D eigenvalue weighted by Crippen LogP contribution is -1.84. The average Bonchev–Trinajstić information content (AvgIpc) is 2.76. The van der Waals surface area contributed by atoms with E-state index in [0.717, 1.165) is 10.9 Å². The molecule has 0 unspecified atom stereocenters. The zero-order valence-electron chi connectivity index (χ0n) is 9.91. The highest BCUT2D eigenvalue weighted by Gasteiger charge is 2.07. The molecule has 3 rings (SSSR count). The Labute approximate surface area is 108 Å². The lowest BCUT2D eigenvalue weighted by atomic mass is 10.2. The van der Waals surface area contributed by atoms with E-state index in [0.29, 0.717) is 11.4 Å². The molecule has 94 valence electrons. The maximum absolute atomic E-state index is 5.65. The topological polar surface area (TPSA) is 118 Å². The fraction of sp³-hybridized carbons (Fsp3) is 0. The minimum absolute atomic E-state index is 0.217. The van der Waals surface area contributed by atoms with E-state index >= 15 is 0 Å². The number of nitrogen functional groups attached to an aromatic ring is 2. The summed E-state index contributed by atoms with van der Waals surface area (Å²) < 4.78 is 0. The quantitative estimate of drug-likeness (QED) is 0.608. The number of para-hydroxylation sites is 1. The summed E-state index contributed by atoms with van der Waals surface area (Å²) in [6.07, 6.45) is 1.71. The molecule has 2 heterocycles. The Morgan fingerprint density at radius 3 is 2.68 bits per heavy atom. The molecule has 1 aromatic carbocycles. The molecule has 0 bridgehead atoms. The van der Waals surface area contributed by atoms with E-state index in [4.69, 9.17) is 11.5 Å². The van der Waals surface area contributed by atoms with Gasteiger partial charge < -0.3 is 11.5 Å². The van der Waals surface area contributed by atoms with Gasteiger partial charge in [0.15, 0.2) is 11.5 Å². The molecular formula is C12H11N7. The van der Waals surface area contributed by atoms with Crippen molar-refractivity contribution in [3.8, 4) is 0 Å². The normalized spacial score (nSPS) is 11.4. The predicted octanol–water partition coefficient (Wildman–Crippen LogP) is 2.54. The Morgan fingerprint density at radius 2 is 1.89 bits per heavy atom. The molecule has 0 aliphatic carbocycles. The van der Waals surface area contributed by atoms with Gasteiger partial charge in [0, 0.05) is 11.6 Å². The van der Waals surface area contributed by atoms with Gasteiger partial charge in [0.05, 0.1) is 5.52 Å². The van der Waals surface area contributed by atoms with E-state index in [2.05, 4.69) is 25.4 Å². The minimum Gasteiger partial charge on any atom is -0.382 e. The van der Waals surface area contributed by atoms with Crippen molar-refractivity contribution in [2.24, 2.45) is 10.2 Å². The molecule has 0 atom stereocenters. The van der Waals surface area contributed by atoms with Crippen LogP contribution >= 0.6 is 0 Å². The first-order chi connectivity index (χ1) is 9.25. The van der Waals surface area contributed by atoms with E-state index < -0.39 is 0 Å². The Kier molecular flexibility index (Phi) is 2.57. The molecular weight excluding hydrogens is 242 g/mol. The van der Waals surface area contributed by atoms with Crippen molar-refractivity contribution in [2.45, 2.75) is 0 Å². The number of rotatable bonds is 2. The van der Waals surface area contributed by atoms with Crippen LogP contribution in [0.1, 0.15) is 0 Å². The fourth-order valence-corrected chi connectivity index (χ4v) is 1.74. The largest absolute Gasteiger partial charge is 0.382 e. The van der Waals surface area contributed by atoms with E-state index in [9.17, 15) is 0 Å². The molecule has 7 heteroatoms. The van der Waals surface area contributed by atoms with Gasteiger partial charge >= 0.3 is 0 Å². The highest BCUT2D eigenvalue weighted by molar-refractivity contribution is 5.88. The minimum atomic E-state index is 0.217. The molecule has 5 N–H and O–H groups in total. The highest BCUT2D eigenvalue weighted by atomic mass is 15.2. The summed E-state index contributed by atoms with van der Waals surface area (Å²) in [5, 5.41) is 15.5. The van der Waals surface area contributed by atoms with Gasteiger partial charge in [-0.15, -0.1) is 10.2 Å². The Balaban J connectivity index is 2.07. The number of aromatic amines is 1. The average molecular weight is 253 g/mol. The van der Waals surface area contributed by atoms with Crippen molar-refractivity contribution in [2.75, 3.05) is 11.5 Å².